The van der Waals surface area contributed by atoms with E-state index in [1.165, 1.54) is 5.56 Å². The van der Waals surface area contributed by atoms with Crippen molar-refractivity contribution in [1.29, 1.82) is 0 Å². The Morgan fingerprint density at radius 2 is 1.77 bits per heavy atom. The van der Waals surface area contributed by atoms with Crippen molar-refractivity contribution in [2.75, 3.05) is 6.61 Å². The molecule has 2 amide bonds. The highest BCUT2D eigenvalue weighted by Crippen LogP contribution is 2.29. The SMILES string of the molecule is CC1=C(C(=O)OC(C)C)C(c2ccc(OCCCc3ccccc3)cc2)NC(=O)N1. The number of esters is 1. The van der Waals surface area contributed by atoms with Crippen molar-refractivity contribution in [3.05, 3.63) is 77.0 Å². The lowest BCUT2D eigenvalue weighted by Gasteiger charge is -2.28. The first-order valence-electron chi connectivity index (χ1n) is 10.2. The van der Waals surface area contributed by atoms with E-state index in [1.807, 2.05) is 42.5 Å². The first-order valence-corrected chi connectivity index (χ1v) is 10.2. The standard InChI is InChI=1S/C24H28N2O4/c1-16(2)30-23(27)21-17(3)25-24(28)26-22(21)19-11-13-20(14-12-19)29-15-7-10-18-8-5-4-6-9-18/h4-6,8-9,11-14,16,22H,7,10,15H2,1-3H3,(H2,25,26,28). The van der Waals surface area contributed by atoms with Gasteiger partial charge in [0, 0.05) is 5.70 Å². The molecule has 6 heteroatoms. The Kier molecular flexibility index (Phi) is 7.12. The third-order valence-corrected chi connectivity index (χ3v) is 4.77. The third kappa shape index (κ3) is 5.63. The summed E-state index contributed by atoms with van der Waals surface area (Å²) in [5, 5.41) is 5.45. The number of ether oxygens (including phenoxy) is 2. The maximum absolute atomic E-state index is 12.6. The van der Waals surface area contributed by atoms with E-state index in [-0.39, 0.29) is 12.1 Å². The molecule has 3 rings (SSSR count). The van der Waals surface area contributed by atoms with Crippen LogP contribution in [0.4, 0.5) is 4.79 Å². The first-order chi connectivity index (χ1) is 14.4. The van der Waals surface area contributed by atoms with Crippen LogP contribution < -0.4 is 15.4 Å². The zero-order chi connectivity index (χ0) is 21.5. The fraction of sp³-hybridized carbons (Fsp3) is 0.333. The lowest BCUT2D eigenvalue weighted by molar-refractivity contribution is -0.143. The maximum atomic E-state index is 12.6. The number of carbonyl (C=O) groups is 2. The molecule has 1 atom stereocenters. The highest BCUT2D eigenvalue weighted by Gasteiger charge is 2.32. The van der Waals surface area contributed by atoms with Gasteiger partial charge >= 0.3 is 12.0 Å². The number of urea groups is 1. The van der Waals surface area contributed by atoms with E-state index in [2.05, 4.69) is 22.8 Å². The monoisotopic (exact) mass is 408 g/mol. The van der Waals surface area contributed by atoms with Gasteiger partial charge in [-0.15, -0.1) is 0 Å². The van der Waals surface area contributed by atoms with Crippen molar-refractivity contribution < 1.29 is 19.1 Å². The molecule has 2 aromatic rings. The smallest absolute Gasteiger partial charge is 0.338 e. The highest BCUT2D eigenvalue weighted by atomic mass is 16.5. The summed E-state index contributed by atoms with van der Waals surface area (Å²) in [6.07, 6.45) is 1.64. The topological polar surface area (TPSA) is 76.7 Å². The zero-order valence-electron chi connectivity index (χ0n) is 17.6. The Morgan fingerprint density at radius 1 is 1.07 bits per heavy atom. The molecule has 1 unspecified atom stereocenters. The van der Waals surface area contributed by atoms with Gasteiger partial charge in [-0.1, -0.05) is 42.5 Å². The molecule has 6 nitrogen and oxygen atoms in total. The van der Waals surface area contributed by atoms with Gasteiger partial charge in [-0.3, -0.25) is 0 Å². The summed E-state index contributed by atoms with van der Waals surface area (Å²) in [6.45, 7) is 5.90. The molecule has 158 valence electrons. The summed E-state index contributed by atoms with van der Waals surface area (Å²) < 4.78 is 11.2. The molecule has 0 aromatic heterocycles. The van der Waals surface area contributed by atoms with Gasteiger partial charge in [-0.05, 0) is 56.9 Å². The van der Waals surface area contributed by atoms with E-state index in [0.29, 0.717) is 17.9 Å². The molecule has 0 fully saturated rings. The second-order valence-corrected chi connectivity index (χ2v) is 7.53. The van der Waals surface area contributed by atoms with Gasteiger partial charge in [0.15, 0.2) is 0 Å². The summed E-state index contributed by atoms with van der Waals surface area (Å²) in [6, 6.07) is 16.8. The number of benzene rings is 2. The van der Waals surface area contributed by atoms with Gasteiger partial charge in [0.2, 0.25) is 0 Å². The number of carbonyl (C=O) groups excluding carboxylic acids is 2. The minimum Gasteiger partial charge on any atom is -0.494 e. The van der Waals surface area contributed by atoms with E-state index >= 15 is 0 Å². The second-order valence-electron chi connectivity index (χ2n) is 7.53. The lowest BCUT2D eigenvalue weighted by atomic mass is 9.95. The molecule has 2 N–H and O–H groups in total. The van der Waals surface area contributed by atoms with Gasteiger partial charge in [-0.25, -0.2) is 9.59 Å². The highest BCUT2D eigenvalue weighted by molar-refractivity contribution is 5.95. The van der Waals surface area contributed by atoms with Crippen LogP contribution in [-0.2, 0) is 16.0 Å². The van der Waals surface area contributed by atoms with Crippen molar-refractivity contribution in [3.63, 3.8) is 0 Å². The number of rotatable bonds is 8. The molecule has 1 heterocycles. The van der Waals surface area contributed by atoms with Gasteiger partial charge in [0.05, 0.1) is 24.3 Å². The molecule has 0 bridgehead atoms. The molecule has 1 aliphatic rings. The Bertz CT molecular complexity index is 905. The second kappa shape index (κ2) is 9.96. The average molecular weight is 408 g/mol. The van der Waals surface area contributed by atoms with Crippen molar-refractivity contribution in [2.45, 2.75) is 45.8 Å². The van der Waals surface area contributed by atoms with Crippen LogP contribution in [0, 0.1) is 0 Å². The molecule has 0 spiro atoms. The Labute approximate surface area is 177 Å². The van der Waals surface area contributed by atoms with Gasteiger partial charge in [0.1, 0.15) is 5.75 Å². The van der Waals surface area contributed by atoms with Crippen LogP contribution in [0.25, 0.3) is 0 Å². The Hall–Kier alpha value is -3.28. The van der Waals surface area contributed by atoms with Gasteiger partial charge < -0.3 is 20.1 Å². The minimum atomic E-state index is -0.572. The molecular formula is C24H28N2O4. The predicted octanol–water partition coefficient (Wildman–Crippen LogP) is 4.28. The van der Waals surface area contributed by atoms with Gasteiger partial charge in [0.25, 0.3) is 0 Å². The fourth-order valence-corrected chi connectivity index (χ4v) is 3.36. The summed E-state index contributed by atoms with van der Waals surface area (Å²) in [5.74, 6) is 0.306. The third-order valence-electron chi connectivity index (χ3n) is 4.77. The van der Waals surface area contributed by atoms with E-state index < -0.39 is 12.0 Å². The molecule has 1 aliphatic heterocycles. The van der Waals surface area contributed by atoms with Gasteiger partial charge in [-0.2, -0.15) is 0 Å². The molecule has 2 aromatic carbocycles. The molecule has 30 heavy (non-hydrogen) atoms. The van der Waals surface area contributed by atoms with Crippen LogP contribution in [0.5, 0.6) is 5.75 Å². The number of hydrogen-bond acceptors (Lipinski definition) is 4. The quantitative estimate of drug-likeness (QED) is 0.505. The summed E-state index contributed by atoms with van der Waals surface area (Å²) in [5.41, 5.74) is 2.98. The lowest BCUT2D eigenvalue weighted by Crippen LogP contribution is -2.45. The van der Waals surface area contributed by atoms with E-state index in [9.17, 15) is 9.59 Å². The van der Waals surface area contributed by atoms with E-state index in [4.69, 9.17) is 9.47 Å². The van der Waals surface area contributed by atoms with E-state index in [1.54, 1.807) is 20.8 Å². The largest absolute Gasteiger partial charge is 0.494 e. The first kappa shape index (κ1) is 21.4. The normalized spacial score (nSPS) is 16.1. The number of allylic oxidation sites excluding steroid dienone is 1. The average Bonchev–Trinajstić information content (AvgIpc) is 2.71. The summed E-state index contributed by atoms with van der Waals surface area (Å²) in [7, 11) is 0. The predicted molar refractivity (Wildman–Crippen MR) is 115 cm³/mol. The summed E-state index contributed by atoms with van der Waals surface area (Å²) in [4.78, 5) is 24.5. The van der Waals surface area contributed by atoms with Crippen molar-refractivity contribution in [3.8, 4) is 5.75 Å². The Morgan fingerprint density at radius 3 is 2.43 bits per heavy atom. The molecule has 0 radical (unpaired) electrons. The number of nitrogens with one attached hydrogen (secondary N) is 2. The Balaban J connectivity index is 1.64. The summed E-state index contributed by atoms with van der Waals surface area (Å²) >= 11 is 0. The fourth-order valence-electron chi connectivity index (χ4n) is 3.36. The zero-order valence-corrected chi connectivity index (χ0v) is 17.6. The van der Waals surface area contributed by atoms with Crippen molar-refractivity contribution >= 4 is 12.0 Å². The molecule has 0 saturated carbocycles. The molecular weight excluding hydrogens is 380 g/mol. The van der Waals surface area contributed by atoms with Crippen molar-refractivity contribution in [1.82, 2.24) is 10.6 Å². The van der Waals surface area contributed by atoms with Crippen LogP contribution in [0.1, 0.15) is 44.4 Å². The van der Waals surface area contributed by atoms with Crippen LogP contribution >= 0.6 is 0 Å². The van der Waals surface area contributed by atoms with Crippen LogP contribution in [0.2, 0.25) is 0 Å². The van der Waals surface area contributed by atoms with Crippen LogP contribution in [-0.4, -0.2) is 24.7 Å². The number of amides is 2. The van der Waals surface area contributed by atoms with E-state index in [0.717, 1.165) is 24.2 Å². The molecule has 0 aliphatic carbocycles. The van der Waals surface area contributed by atoms with Crippen molar-refractivity contribution in [2.24, 2.45) is 0 Å². The van der Waals surface area contributed by atoms with Crippen LogP contribution in [0.15, 0.2) is 65.9 Å². The number of aryl methyl sites for hydroxylation is 1. The van der Waals surface area contributed by atoms with Crippen LogP contribution in [0.3, 0.4) is 0 Å². The minimum absolute atomic E-state index is 0.247. The maximum Gasteiger partial charge on any atom is 0.338 e. The molecule has 0 saturated heterocycles. The number of hydrogen-bond donors (Lipinski definition) is 2.